The summed E-state index contributed by atoms with van der Waals surface area (Å²) in [5.41, 5.74) is 0.562. The molecule has 37 heavy (non-hydrogen) atoms. The molecule has 0 radical (unpaired) electrons. The molecule has 0 N–H and O–H groups in total. The standard InChI is InChI=1S/C24H24F3N9S/c1-14(2)12-36-21(20-15(3)17-8-16(10-28)11-29-22(17)37-20)32-33-23(36)35-6-4-34(5-7-35)19-9-18(24(25,26)27)30-13-31-19/h8-9,11,13-14H,4-7,12H2,1-3H3. The summed E-state index contributed by atoms with van der Waals surface area (Å²) in [6.45, 7) is 9.03. The van der Waals surface area contributed by atoms with Crippen LogP contribution in [0.15, 0.2) is 24.7 Å². The molecular weight excluding hydrogens is 503 g/mol. The van der Waals surface area contributed by atoms with Crippen molar-refractivity contribution >= 4 is 33.3 Å². The summed E-state index contributed by atoms with van der Waals surface area (Å²) in [5.74, 6) is 2.06. The van der Waals surface area contributed by atoms with Gasteiger partial charge in [-0.05, 0) is 24.5 Å². The van der Waals surface area contributed by atoms with Crippen molar-refractivity contribution < 1.29 is 13.2 Å². The van der Waals surface area contributed by atoms with E-state index in [2.05, 4.69) is 54.5 Å². The van der Waals surface area contributed by atoms with Crippen molar-refractivity contribution in [3.8, 4) is 16.8 Å². The zero-order valence-corrected chi connectivity index (χ0v) is 21.3. The van der Waals surface area contributed by atoms with Crippen LogP contribution in [0.5, 0.6) is 0 Å². The van der Waals surface area contributed by atoms with Gasteiger partial charge in [-0.15, -0.1) is 21.5 Å². The Morgan fingerprint density at radius 3 is 2.46 bits per heavy atom. The van der Waals surface area contributed by atoms with Crippen LogP contribution in [0, 0.1) is 24.2 Å². The molecule has 0 unspecified atom stereocenters. The third kappa shape index (κ3) is 4.81. The molecule has 13 heteroatoms. The molecule has 0 atom stereocenters. The summed E-state index contributed by atoms with van der Waals surface area (Å²) in [6, 6.07) is 4.98. The van der Waals surface area contributed by atoms with Crippen LogP contribution in [0.3, 0.4) is 0 Å². The van der Waals surface area contributed by atoms with E-state index in [0.29, 0.717) is 44.2 Å². The molecule has 0 saturated carbocycles. The number of halogens is 3. The topological polar surface area (TPSA) is 99.7 Å². The fourth-order valence-electron chi connectivity index (χ4n) is 4.41. The van der Waals surface area contributed by atoms with Gasteiger partial charge in [0.25, 0.3) is 0 Å². The number of aromatic nitrogens is 6. The van der Waals surface area contributed by atoms with Crippen molar-refractivity contribution in [1.82, 2.24) is 29.7 Å². The SMILES string of the molecule is Cc1c(-c2nnc(N3CCN(c4cc(C(F)(F)F)ncn4)CC3)n2CC(C)C)sc2ncc(C#N)cc12. The highest BCUT2D eigenvalue weighted by Gasteiger charge is 2.34. The van der Waals surface area contributed by atoms with Gasteiger partial charge in [-0.1, -0.05) is 13.8 Å². The molecule has 5 rings (SSSR count). The number of piperazine rings is 1. The predicted molar refractivity (Wildman–Crippen MR) is 134 cm³/mol. The van der Waals surface area contributed by atoms with Gasteiger partial charge in [0.1, 0.15) is 28.7 Å². The maximum Gasteiger partial charge on any atom is 0.433 e. The summed E-state index contributed by atoms with van der Waals surface area (Å²) in [4.78, 5) is 17.6. The summed E-state index contributed by atoms with van der Waals surface area (Å²) < 4.78 is 41.4. The quantitative estimate of drug-likeness (QED) is 0.373. The molecule has 1 aliphatic rings. The van der Waals surface area contributed by atoms with Crippen LogP contribution in [0.4, 0.5) is 24.9 Å². The fourth-order valence-corrected chi connectivity index (χ4v) is 5.54. The zero-order chi connectivity index (χ0) is 26.3. The highest BCUT2D eigenvalue weighted by atomic mass is 32.1. The Morgan fingerprint density at radius 2 is 1.78 bits per heavy atom. The van der Waals surface area contributed by atoms with Crippen molar-refractivity contribution in [1.29, 1.82) is 5.26 Å². The van der Waals surface area contributed by atoms with E-state index in [9.17, 15) is 18.4 Å². The second-order valence-electron chi connectivity index (χ2n) is 9.31. The number of thiophene rings is 1. The molecule has 1 saturated heterocycles. The van der Waals surface area contributed by atoms with Crippen LogP contribution >= 0.6 is 11.3 Å². The number of hydrogen-bond donors (Lipinski definition) is 0. The summed E-state index contributed by atoms with van der Waals surface area (Å²) in [5, 5.41) is 19.3. The van der Waals surface area contributed by atoms with E-state index < -0.39 is 11.9 Å². The Hall–Kier alpha value is -3.79. The second-order valence-corrected chi connectivity index (χ2v) is 10.3. The van der Waals surface area contributed by atoms with Crippen LogP contribution in [0.2, 0.25) is 0 Å². The molecule has 0 aromatic carbocycles. The first-order valence-corrected chi connectivity index (χ1v) is 12.6. The Morgan fingerprint density at radius 1 is 1.05 bits per heavy atom. The van der Waals surface area contributed by atoms with Gasteiger partial charge in [-0.2, -0.15) is 18.4 Å². The maximum absolute atomic E-state index is 13.1. The Labute approximate surface area is 215 Å². The Kier molecular flexibility index (Phi) is 6.45. The minimum Gasteiger partial charge on any atom is -0.353 e. The van der Waals surface area contributed by atoms with Crippen molar-refractivity contribution in [3.05, 3.63) is 41.5 Å². The average Bonchev–Trinajstić information content (AvgIpc) is 3.43. The van der Waals surface area contributed by atoms with Gasteiger partial charge in [0.15, 0.2) is 5.82 Å². The normalized spacial score (nSPS) is 14.5. The van der Waals surface area contributed by atoms with Crippen molar-refractivity contribution in [2.75, 3.05) is 36.0 Å². The number of pyridine rings is 1. The molecule has 0 amide bonds. The highest BCUT2D eigenvalue weighted by molar-refractivity contribution is 7.22. The molecule has 1 fully saturated rings. The first kappa shape index (κ1) is 24.9. The number of nitrogens with zero attached hydrogens (tertiary/aromatic N) is 9. The monoisotopic (exact) mass is 527 g/mol. The Bertz CT molecular complexity index is 1480. The van der Waals surface area contributed by atoms with Crippen LogP contribution in [0.25, 0.3) is 20.9 Å². The van der Waals surface area contributed by atoms with E-state index in [4.69, 9.17) is 0 Å². The van der Waals surface area contributed by atoms with Gasteiger partial charge in [-0.25, -0.2) is 15.0 Å². The van der Waals surface area contributed by atoms with Gasteiger partial charge >= 0.3 is 6.18 Å². The van der Waals surface area contributed by atoms with Crippen molar-refractivity contribution in [2.45, 2.75) is 33.5 Å². The lowest BCUT2D eigenvalue weighted by atomic mass is 10.1. The van der Waals surface area contributed by atoms with Gasteiger partial charge < -0.3 is 9.80 Å². The summed E-state index contributed by atoms with van der Waals surface area (Å²) in [7, 11) is 0. The van der Waals surface area contributed by atoms with E-state index in [1.54, 1.807) is 6.20 Å². The Balaban J connectivity index is 1.43. The lowest BCUT2D eigenvalue weighted by Crippen LogP contribution is -2.47. The molecule has 5 heterocycles. The fraction of sp³-hybridized carbons (Fsp3) is 0.417. The summed E-state index contributed by atoms with van der Waals surface area (Å²) in [6.07, 6.45) is -1.99. The maximum atomic E-state index is 13.1. The van der Waals surface area contributed by atoms with Crippen LogP contribution < -0.4 is 9.80 Å². The number of fused-ring (bicyclic) bond motifs is 1. The minimum absolute atomic E-state index is 0.261. The van der Waals surface area contributed by atoms with Gasteiger partial charge in [-0.3, -0.25) is 4.57 Å². The van der Waals surface area contributed by atoms with E-state index >= 15 is 0 Å². The third-order valence-electron chi connectivity index (χ3n) is 6.24. The lowest BCUT2D eigenvalue weighted by molar-refractivity contribution is -0.141. The number of aryl methyl sites for hydroxylation is 1. The number of anilines is 2. The molecule has 9 nitrogen and oxygen atoms in total. The first-order valence-electron chi connectivity index (χ1n) is 11.8. The third-order valence-corrected chi connectivity index (χ3v) is 7.45. The van der Waals surface area contributed by atoms with E-state index in [0.717, 1.165) is 44.8 Å². The first-order chi connectivity index (χ1) is 17.7. The molecular formula is C24H24F3N9S. The van der Waals surface area contributed by atoms with Crippen molar-refractivity contribution in [2.24, 2.45) is 5.92 Å². The van der Waals surface area contributed by atoms with E-state index in [-0.39, 0.29) is 5.82 Å². The van der Waals surface area contributed by atoms with Gasteiger partial charge in [0.2, 0.25) is 5.95 Å². The molecule has 0 aliphatic carbocycles. The van der Waals surface area contributed by atoms with Crippen LogP contribution in [-0.2, 0) is 12.7 Å². The second kappa shape index (κ2) is 9.59. The lowest BCUT2D eigenvalue weighted by Gasteiger charge is -2.36. The highest BCUT2D eigenvalue weighted by Crippen LogP contribution is 2.38. The average molecular weight is 528 g/mol. The number of nitriles is 1. The summed E-state index contributed by atoms with van der Waals surface area (Å²) >= 11 is 1.52. The zero-order valence-electron chi connectivity index (χ0n) is 20.5. The number of rotatable bonds is 5. The molecule has 4 aromatic rings. The molecule has 0 spiro atoms. The largest absolute Gasteiger partial charge is 0.433 e. The molecule has 0 bridgehead atoms. The van der Waals surface area contributed by atoms with E-state index in [1.807, 2.05) is 17.9 Å². The molecule has 1 aliphatic heterocycles. The number of alkyl halides is 3. The predicted octanol–water partition coefficient (Wildman–Crippen LogP) is 4.53. The molecule has 4 aromatic heterocycles. The smallest absolute Gasteiger partial charge is 0.353 e. The van der Waals surface area contributed by atoms with Gasteiger partial charge in [0.05, 0.1) is 10.4 Å². The van der Waals surface area contributed by atoms with Gasteiger partial charge in [0, 0.05) is 50.4 Å². The van der Waals surface area contributed by atoms with Crippen LogP contribution in [0.1, 0.15) is 30.7 Å². The number of hydrogen-bond acceptors (Lipinski definition) is 9. The van der Waals surface area contributed by atoms with E-state index in [1.165, 1.54) is 11.3 Å². The molecule has 192 valence electrons. The van der Waals surface area contributed by atoms with Crippen molar-refractivity contribution in [3.63, 3.8) is 0 Å². The minimum atomic E-state index is -4.51. The van der Waals surface area contributed by atoms with Crippen LogP contribution in [-0.4, -0.2) is 55.9 Å².